The summed E-state index contributed by atoms with van der Waals surface area (Å²) in [4.78, 5) is 11.5. The van der Waals surface area contributed by atoms with E-state index in [0.717, 1.165) is 24.1 Å². The third-order valence-corrected chi connectivity index (χ3v) is 2.83. The maximum Gasteiger partial charge on any atom is 0.181 e. The second-order valence-corrected chi connectivity index (χ2v) is 4.33. The fourth-order valence-electron chi connectivity index (χ4n) is 1.97. The van der Waals surface area contributed by atoms with Gasteiger partial charge in [0.25, 0.3) is 0 Å². The van der Waals surface area contributed by atoms with Gasteiger partial charge >= 0.3 is 0 Å². The van der Waals surface area contributed by atoms with Crippen LogP contribution in [0.5, 0.6) is 0 Å². The first kappa shape index (κ1) is 12.5. The largest absolute Gasteiger partial charge is 0.293 e. The molecule has 0 saturated carbocycles. The predicted octanol–water partition coefficient (Wildman–Crippen LogP) is 2.48. The molecule has 0 aliphatic carbocycles. The van der Waals surface area contributed by atoms with E-state index in [1.54, 1.807) is 0 Å². The summed E-state index contributed by atoms with van der Waals surface area (Å²) in [7, 11) is 0. The third kappa shape index (κ3) is 2.64. The Hall–Kier alpha value is -1.97. The molecule has 0 saturated heterocycles. The van der Waals surface area contributed by atoms with Crippen LogP contribution >= 0.6 is 0 Å². The zero-order chi connectivity index (χ0) is 13.0. The topological polar surface area (TPSA) is 47.8 Å². The number of ketones is 1. The SMILES string of the molecule is CCCc1c(C(C)=O)nnn1Cc1ccccc1. The summed E-state index contributed by atoms with van der Waals surface area (Å²) < 4.78 is 1.83. The molecule has 4 heteroatoms. The summed E-state index contributed by atoms with van der Waals surface area (Å²) in [6, 6.07) is 10.1. The number of rotatable bonds is 5. The van der Waals surface area contributed by atoms with Gasteiger partial charge in [-0.3, -0.25) is 4.79 Å². The molecular weight excluding hydrogens is 226 g/mol. The molecule has 0 aliphatic heterocycles. The molecule has 0 fully saturated rings. The van der Waals surface area contributed by atoms with Crippen LogP contribution in [0.2, 0.25) is 0 Å². The Labute approximate surface area is 107 Å². The molecule has 1 aromatic carbocycles. The Morgan fingerprint density at radius 2 is 2.00 bits per heavy atom. The highest BCUT2D eigenvalue weighted by atomic mass is 16.1. The molecule has 1 heterocycles. The molecule has 18 heavy (non-hydrogen) atoms. The summed E-state index contributed by atoms with van der Waals surface area (Å²) >= 11 is 0. The van der Waals surface area contributed by atoms with Crippen LogP contribution in [0.15, 0.2) is 30.3 Å². The number of hydrogen-bond acceptors (Lipinski definition) is 3. The van der Waals surface area contributed by atoms with Gasteiger partial charge in [0, 0.05) is 6.92 Å². The van der Waals surface area contributed by atoms with Gasteiger partial charge in [0.2, 0.25) is 0 Å². The van der Waals surface area contributed by atoms with Crippen molar-refractivity contribution < 1.29 is 4.79 Å². The van der Waals surface area contributed by atoms with E-state index < -0.39 is 0 Å². The van der Waals surface area contributed by atoms with Gasteiger partial charge in [-0.15, -0.1) is 5.10 Å². The first-order valence-electron chi connectivity index (χ1n) is 6.19. The average molecular weight is 243 g/mol. The lowest BCUT2D eigenvalue weighted by Gasteiger charge is -2.06. The van der Waals surface area contributed by atoms with Crippen molar-refractivity contribution in [2.45, 2.75) is 33.2 Å². The number of benzene rings is 1. The average Bonchev–Trinajstić information content (AvgIpc) is 2.74. The molecular formula is C14H17N3O. The van der Waals surface area contributed by atoms with Crippen molar-refractivity contribution in [2.75, 3.05) is 0 Å². The van der Waals surface area contributed by atoms with Crippen LogP contribution in [0.1, 0.15) is 42.0 Å². The zero-order valence-electron chi connectivity index (χ0n) is 10.8. The number of nitrogens with zero attached hydrogens (tertiary/aromatic N) is 3. The lowest BCUT2D eigenvalue weighted by molar-refractivity contribution is 0.101. The monoisotopic (exact) mass is 243 g/mol. The van der Waals surface area contributed by atoms with Crippen molar-refractivity contribution in [1.82, 2.24) is 15.0 Å². The van der Waals surface area contributed by atoms with Gasteiger partial charge in [0.05, 0.1) is 12.2 Å². The Morgan fingerprint density at radius 1 is 1.28 bits per heavy atom. The van der Waals surface area contributed by atoms with Gasteiger partial charge < -0.3 is 0 Å². The molecule has 0 bridgehead atoms. The summed E-state index contributed by atoms with van der Waals surface area (Å²) in [5.74, 6) is -0.0160. The lowest BCUT2D eigenvalue weighted by atomic mass is 10.1. The van der Waals surface area contributed by atoms with E-state index >= 15 is 0 Å². The molecule has 0 atom stereocenters. The van der Waals surface area contributed by atoms with Crippen molar-refractivity contribution >= 4 is 5.78 Å². The van der Waals surface area contributed by atoms with Gasteiger partial charge in [-0.05, 0) is 12.0 Å². The van der Waals surface area contributed by atoms with E-state index in [2.05, 4.69) is 17.2 Å². The first-order chi connectivity index (χ1) is 8.72. The van der Waals surface area contributed by atoms with Gasteiger partial charge in [0.15, 0.2) is 11.5 Å². The number of hydrogen-bond donors (Lipinski definition) is 0. The Kier molecular flexibility index (Phi) is 3.87. The Bertz CT molecular complexity index is 531. The zero-order valence-corrected chi connectivity index (χ0v) is 10.8. The standard InChI is InChI=1S/C14H17N3O/c1-3-7-13-14(11(2)18)15-16-17(13)10-12-8-5-4-6-9-12/h4-6,8-9H,3,7,10H2,1-2H3. The Morgan fingerprint density at radius 3 is 2.61 bits per heavy atom. The van der Waals surface area contributed by atoms with E-state index in [1.165, 1.54) is 6.92 Å². The molecule has 0 spiro atoms. The highest BCUT2D eigenvalue weighted by Crippen LogP contribution is 2.11. The van der Waals surface area contributed by atoms with Crippen molar-refractivity contribution in [3.05, 3.63) is 47.3 Å². The minimum absolute atomic E-state index is 0.0160. The molecule has 2 rings (SSSR count). The second-order valence-electron chi connectivity index (χ2n) is 4.33. The minimum atomic E-state index is -0.0160. The highest BCUT2D eigenvalue weighted by molar-refractivity contribution is 5.93. The van der Waals surface area contributed by atoms with Gasteiger partial charge in [0.1, 0.15) is 0 Å². The minimum Gasteiger partial charge on any atom is -0.293 e. The van der Waals surface area contributed by atoms with Crippen molar-refractivity contribution in [1.29, 1.82) is 0 Å². The van der Waals surface area contributed by atoms with Gasteiger partial charge in [-0.25, -0.2) is 4.68 Å². The van der Waals surface area contributed by atoms with Crippen LogP contribution in [0.4, 0.5) is 0 Å². The number of aromatic nitrogens is 3. The number of Topliss-reactive ketones (excluding diaryl/α,β-unsaturated/α-hetero) is 1. The van der Waals surface area contributed by atoms with Crippen molar-refractivity contribution in [3.8, 4) is 0 Å². The Balaban J connectivity index is 2.30. The van der Waals surface area contributed by atoms with Crippen LogP contribution < -0.4 is 0 Å². The highest BCUT2D eigenvalue weighted by Gasteiger charge is 2.15. The predicted molar refractivity (Wildman–Crippen MR) is 69.6 cm³/mol. The van der Waals surface area contributed by atoms with E-state index in [9.17, 15) is 4.79 Å². The van der Waals surface area contributed by atoms with Crippen molar-refractivity contribution in [2.24, 2.45) is 0 Å². The molecule has 0 aliphatic rings. The quantitative estimate of drug-likeness (QED) is 0.758. The van der Waals surface area contributed by atoms with Crippen LogP contribution in [0.25, 0.3) is 0 Å². The molecule has 0 amide bonds. The fraction of sp³-hybridized carbons (Fsp3) is 0.357. The fourth-order valence-corrected chi connectivity index (χ4v) is 1.97. The molecule has 1 aromatic heterocycles. The summed E-state index contributed by atoms with van der Waals surface area (Å²) in [5, 5.41) is 8.09. The molecule has 4 nitrogen and oxygen atoms in total. The van der Waals surface area contributed by atoms with Crippen LogP contribution in [-0.4, -0.2) is 20.8 Å². The lowest BCUT2D eigenvalue weighted by Crippen LogP contribution is -2.08. The molecule has 0 unspecified atom stereocenters. The van der Waals surface area contributed by atoms with E-state index in [4.69, 9.17) is 0 Å². The first-order valence-corrected chi connectivity index (χ1v) is 6.19. The van der Waals surface area contributed by atoms with E-state index in [0.29, 0.717) is 12.2 Å². The normalized spacial score (nSPS) is 10.6. The summed E-state index contributed by atoms with van der Waals surface area (Å²) in [6.07, 6.45) is 1.80. The smallest absolute Gasteiger partial charge is 0.181 e. The van der Waals surface area contributed by atoms with Gasteiger partial charge in [-0.2, -0.15) is 0 Å². The van der Waals surface area contributed by atoms with Crippen molar-refractivity contribution in [3.63, 3.8) is 0 Å². The second kappa shape index (κ2) is 5.58. The molecule has 94 valence electrons. The summed E-state index contributed by atoms with van der Waals surface area (Å²) in [6.45, 7) is 4.29. The molecule has 2 aromatic rings. The van der Waals surface area contributed by atoms with Gasteiger partial charge in [-0.1, -0.05) is 48.9 Å². The van der Waals surface area contributed by atoms with Crippen LogP contribution in [0, 0.1) is 0 Å². The molecule has 0 N–H and O–H groups in total. The maximum atomic E-state index is 11.5. The van der Waals surface area contributed by atoms with E-state index in [-0.39, 0.29) is 5.78 Å². The van der Waals surface area contributed by atoms with E-state index in [1.807, 2.05) is 35.0 Å². The number of carbonyl (C=O) groups is 1. The van der Waals surface area contributed by atoms with Crippen LogP contribution in [-0.2, 0) is 13.0 Å². The van der Waals surface area contributed by atoms with Crippen LogP contribution in [0.3, 0.4) is 0 Å². The maximum absolute atomic E-state index is 11.5. The number of carbonyl (C=O) groups excluding carboxylic acids is 1. The molecule has 0 radical (unpaired) electrons. The third-order valence-electron chi connectivity index (χ3n) is 2.83. The summed E-state index contributed by atoms with van der Waals surface area (Å²) in [5.41, 5.74) is 2.61.